The summed E-state index contributed by atoms with van der Waals surface area (Å²) in [5.74, 6) is 2.98. The van der Waals surface area contributed by atoms with Gasteiger partial charge in [-0.3, -0.25) is 0 Å². The van der Waals surface area contributed by atoms with Crippen LogP contribution in [0, 0.1) is 5.92 Å². The molecule has 0 aromatic rings. The fourth-order valence-electron chi connectivity index (χ4n) is 2.62. The van der Waals surface area contributed by atoms with E-state index in [1.165, 1.54) is 12.2 Å². The van der Waals surface area contributed by atoms with Crippen molar-refractivity contribution in [3.05, 3.63) is 0 Å². The molecular weight excluding hydrogens is 210 g/mol. The average Bonchev–Trinajstić information content (AvgIpc) is 2.67. The minimum absolute atomic E-state index is 0.152. The van der Waals surface area contributed by atoms with Gasteiger partial charge >= 0.3 is 0 Å². The predicted molar refractivity (Wildman–Crippen MR) is 63.2 cm³/mol. The van der Waals surface area contributed by atoms with Gasteiger partial charge in [-0.15, -0.1) is 0 Å². The minimum atomic E-state index is 0.152. The third-order valence-corrected chi connectivity index (χ3v) is 4.79. The van der Waals surface area contributed by atoms with Gasteiger partial charge in [0.2, 0.25) is 0 Å². The molecule has 0 bridgehead atoms. The molecule has 3 nitrogen and oxygen atoms in total. The molecule has 0 saturated carbocycles. The molecule has 2 aliphatic rings. The number of hydrogen-bond donors (Lipinski definition) is 1. The lowest BCUT2D eigenvalue weighted by molar-refractivity contribution is -0.0861. The SMILES string of the molecule is COCC(N)C1CCOC2(CCSC2)C1. The zero-order chi connectivity index (χ0) is 10.7. The Kier molecular flexibility index (Phi) is 3.93. The molecule has 3 atom stereocenters. The van der Waals surface area contributed by atoms with E-state index in [0.29, 0.717) is 12.5 Å². The number of thioether (sulfide) groups is 1. The summed E-state index contributed by atoms with van der Waals surface area (Å²) in [6.45, 7) is 1.55. The minimum Gasteiger partial charge on any atom is -0.383 e. The summed E-state index contributed by atoms with van der Waals surface area (Å²) in [7, 11) is 1.72. The van der Waals surface area contributed by atoms with Crippen LogP contribution in [0.3, 0.4) is 0 Å². The van der Waals surface area contributed by atoms with Crippen LogP contribution in [-0.4, -0.2) is 43.5 Å². The monoisotopic (exact) mass is 231 g/mol. The first-order chi connectivity index (χ1) is 7.26. The van der Waals surface area contributed by atoms with Gasteiger partial charge in [-0.05, 0) is 30.9 Å². The van der Waals surface area contributed by atoms with Crippen molar-refractivity contribution in [3.63, 3.8) is 0 Å². The van der Waals surface area contributed by atoms with Crippen LogP contribution >= 0.6 is 11.8 Å². The zero-order valence-corrected chi connectivity index (χ0v) is 10.2. The summed E-state index contributed by atoms with van der Waals surface area (Å²) in [5.41, 5.74) is 6.27. The quantitative estimate of drug-likeness (QED) is 0.794. The lowest BCUT2D eigenvalue weighted by Gasteiger charge is -2.39. The number of rotatable bonds is 3. The first kappa shape index (κ1) is 11.7. The third kappa shape index (κ3) is 2.67. The van der Waals surface area contributed by atoms with Gasteiger partial charge in [0, 0.05) is 25.5 Å². The van der Waals surface area contributed by atoms with Crippen LogP contribution in [0.4, 0.5) is 0 Å². The Balaban J connectivity index is 1.91. The van der Waals surface area contributed by atoms with E-state index in [-0.39, 0.29) is 11.6 Å². The largest absolute Gasteiger partial charge is 0.383 e. The van der Waals surface area contributed by atoms with E-state index in [2.05, 4.69) is 0 Å². The van der Waals surface area contributed by atoms with E-state index in [1.807, 2.05) is 11.8 Å². The molecule has 2 N–H and O–H groups in total. The molecule has 0 radical (unpaired) electrons. The molecule has 2 saturated heterocycles. The van der Waals surface area contributed by atoms with Gasteiger partial charge in [-0.25, -0.2) is 0 Å². The van der Waals surface area contributed by atoms with Gasteiger partial charge in [0.15, 0.2) is 0 Å². The van der Waals surface area contributed by atoms with Gasteiger partial charge in [0.1, 0.15) is 0 Å². The first-order valence-electron chi connectivity index (χ1n) is 5.72. The van der Waals surface area contributed by atoms with Gasteiger partial charge in [-0.1, -0.05) is 0 Å². The number of methoxy groups -OCH3 is 1. The van der Waals surface area contributed by atoms with Crippen LogP contribution in [0.5, 0.6) is 0 Å². The van der Waals surface area contributed by atoms with Crippen molar-refractivity contribution in [1.82, 2.24) is 0 Å². The molecule has 0 aromatic carbocycles. The highest BCUT2D eigenvalue weighted by Gasteiger charge is 2.41. The molecule has 0 aromatic heterocycles. The van der Waals surface area contributed by atoms with E-state index in [4.69, 9.17) is 15.2 Å². The number of hydrogen-bond acceptors (Lipinski definition) is 4. The van der Waals surface area contributed by atoms with Gasteiger partial charge in [0.25, 0.3) is 0 Å². The maximum atomic E-state index is 6.12. The van der Waals surface area contributed by atoms with Crippen LogP contribution in [0.1, 0.15) is 19.3 Å². The summed E-state index contributed by atoms with van der Waals surface area (Å²) < 4.78 is 11.1. The molecule has 88 valence electrons. The molecular formula is C11H21NO2S. The van der Waals surface area contributed by atoms with E-state index in [9.17, 15) is 0 Å². The number of ether oxygens (including phenoxy) is 2. The Morgan fingerprint density at radius 2 is 2.53 bits per heavy atom. The van der Waals surface area contributed by atoms with Crippen molar-refractivity contribution >= 4 is 11.8 Å². The molecule has 0 aliphatic carbocycles. The summed E-state index contributed by atoms with van der Waals surface area (Å²) in [5, 5.41) is 0. The molecule has 2 aliphatic heterocycles. The Bertz CT molecular complexity index is 207. The Labute approximate surface area is 96.1 Å². The van der Waals surface area contributed by atoms with Crippen LogP contribution in [0.15, 0.2) is 0 Å². The highest BCUT2D eigenvalue weighted by Crippen LogP contribution is 2.40. The smallest absolute Gasteiger partial charge is 0.0783 e. The molecule has 4 heteroatoms. The predicted octanol–water partition coefficient (Wildman–Crippen LogP) is 1.26. The maximum Gasteiger partial charge on any atom is 0.0783 e. The maximum absolute atomic E-state index is 6.12. The van der Waals surface area contributed by atoms with E-state index < -0.39 is 0 Å². The second-order valence-electron chi connectivity index (χ2n) is 4.71. The van der Waals surface area contributed by atoms with Crippen LogP contribution in [0.25, 0.3) is 0 Å². The second kappa shape index (κ2) is 5.04. The van der Waals surface area contributed by atoms with Crippen molar-refractivity contribution < 1.29 is 9.47 Å². The van der Waals surface area contributed by atoms with Crippen molar-refractivity contribution in [2.45, 2.75) is 30.9 Å². The topological polar surface area (TPSA) is 44.5 Å². The van der Waals surface area contributed by atoms with Crippen molar-refractivity contribution in [3.8, 4) is 0 Å². The third-order valence-electron chi connectivity index (χ3n) is 3.56. The molecule has 15 heavy (non-hydrogen) atoms. The second-order valence-corrected chi connectivity index (χ2v) is 5.81. The highest BCUT2D eigenvalue weighted by atomic mass is 32.2. The molecule has 0 amide bonds. The van der Waals surface area contributed by atoms with Crippen molar-refractivity contribution in [2.24, 2.45) is 11.7 Å². The normalized spacial score (nSPS) is 38.4. The van der Waals surface area contributed by atoms with E-state index >= 15 is 0 Å². The average molecular weight is 231 g/mol. The van der Waals surface area contributed by atoms with Crippen molar-refractivity contribution in [1.29, 1.82) is 0 Å². The summed E-state index contributed by atoms with van der Waals surface area (Å²) >= 11 is 2.01. The van der Waals surface area contributed by atoms with E-state index in [1.54, 1.807) is 7.11 Å². The van der Waals surface area contributed by atoms with Crippen LogP contribution in [-0.2, 0) is 9.47 Å². The van der Waals surface area contributed by atoms with Gasteiger partial charge < -0.3 is 15.2 Å². The highest BCUT2D eigenvalue weighted by molar-refractivity contribution is 7.99. The lowest BCUT2D eigenvalue weighted by atomic mass is 9.82. The Morgan fingerprint density at radius 3 is 3.20 bits per heavy atom. The van der Waals surface area contributed by atoms with Gasteiger partial charge in [-0.2, -0.15) is 11.8 Å². The van der Waals surface area contributed by atoms with Crippen LogP contribution in [0.2, 0.25) is 0 Å². The molecule has 2 rings (SSSR count). The molecule has 3 unspecified atom stereocenters. The fraction of sp³-hybridized carbons (Fsp3) is 1.00. The first-order valence-corrected chi connectivity index (χ1v) is 6.87. The van der Waals surface area contributed by atoms with E-state index in [0.717, 1.165) is 25.2 Å². The zero-order valence-electron chi connectivity index (χ0n) is 9.41. The van der Waals surface area contributed by atoms with Crippen molar-refractivity contribution in [2.75, 3.05) is 31.8 Å². The van der Waals surface area contributed by atoms with Crippen LogP contribution < -0.4 is 5.73 Å². The fourth-order valence-corrected chi connectivity index (χ4v) is 4.00. The Morgan fingerprint density at radius 1 is 1.67 bits per heavy atom. The standard InChI is InChI=1S/C11H21NO2S/c1-13-7-10(12)9-2-4-14-11(6-9)3-5-15-8-11/h9-10H,2-8,12H2,1H3. The molecule has 2 fully saturated rings. The molecule has 2 heterocycles. The Hall–Kier alpha value is 0.230. The molecule has 1 spiro atoms. The summed E-state index contributed by atoms with van der Waals surface area (Å²) in [6.07, 6.45) is 3.43. The summed E-state index contributed by atoms with van der Waals surface area (Å²) in [4.78, 5) is 0. The summed E-state index contributed by atoms with van der Waals surface area (Å²) in [6, 6.07) is 0.182. The van der Waals surface area contributed by atoms with Gasteiger partial charge in [0.05, 0.1) is 12.2 Å². The number of nitrogens with two attached hydrogens (primary N) is 1. The lowest BCUT2D eigenvalue weighted by Crippen LogP contribution is -2.46.